The number of ether oxygens (including phenoxy) is 1. The Hall–Kier alpha value is -0.660. The van der Waals surface area contributed by atoms with Crippen molar-refractivity contribution in [3.05, 3.63) is 26.8 Å². The molecule has 0 spiro atoms. The van der Waals surface area contributed by atoms with E-state index < -0.39 is 5.41 Å². The molecule has 29 heavy (non-hydrogen) atoms. The summed E-state index contributed by atoms with van der Waals surface area (Å²) in [6.07, 6.45) is 5.08. The lowest BCUT2D eigenvalue weighted by Gasteiger charge is -2.45. The van der Waals surface area contributed by atoms with E-state index in [1.54, 1.807) is 0 Å². The van der Waals surface area contributed by atoms with Gasteiger partial charge in [0.15, 0.2) is 5.78 Å². The SMILES string of the molecule is Cc1cc(I)c2c(c1)C(=O)C(CN1CCC[C@@H](C)C1)(CN1CCC[C@H](C)C1)CO2. The second-order valence-electron chi connectivity index (χ2n) is 9.99. The number of aryl methyl sites for hydroxylation is 1. The van der Waals surface area contributed by atoms with Crippen molar-refractivity contribution in [2.45, 2.75) is 46.5 Å². The average molecular weight is 510 g/mol. The van der Waals surface area contributed by atoms with Crippen LogP contribution in [0.25, 0.3) is 0 Å². The predicted octanol–water partition coefficient (Wildman–Crippen LogP) is 4.62. The number of carbonyl (C=O) groups excluding carboxylic acids is 1. The first-order chi connectivity index (χ1) is 13.9. The summed E-state index contributed by atoms with van der Waals surface area (Å²) in [7, 11) is 0. The van der Waals surface area contributed by atoms with E-state index in [1.807, 2.05) is 6.07 Å². The minimum absolute atomic E-state index is 0.303. The Labute approximate surface area is 189 Å². The van der Waals surface area contributed by atoms with Crippen molar-refractivity contribution >= 4 is 28.4 Å². The van der Waals surface area contributed by atoms with Gasteiger partial charge < -0.3 is 14.5 Å². The number of piperidine rings is 2. The fraction of sp³-hybridized carbons (Fsp3) is 0.708. The summed E-state index contributed by atoms with van der Waals surface area (Å²) in [6, 6.07) is 4.16. The highest BCUT2D eigenvalue weighted by molar-refractivity contribution is 14.1. The Morgan fingerprint density at radius 2 is 1.66 bits per heavy atom. The summed E-state index contributed by atoms with van der Waals surface area (Å²) in [5.74, 6) is 2.53. The average Bonchev–Trinajstić information content (AvgIpc) is 2.65. The number of halogens is 1. The molecule has 1 unspecified atom stereocenters. The lowest BCUT2D eigenvalue weighted by atomic mass is 9.76. The van der Waals surface area contributed by atoms with Crippen LogP contribution in [-0.4, -0.2) is 61.5 Å². The van der Waals surface area contributed by atoms with E-state index in [0.29, 0.717) is 24.2 Å². The number of nitrogens with zero attached hydrogens (tertiary/aromatic N) is 2. The van der Waals surface area contributed by atoms with Crippen molar-refractivity contribution in [3.63, 3.8) is 0 Å². The lowest BCUT2D eigenvalue weighted by Crippen LogP contribution is -2.57. The summed E-state index contributed by atoms with van der Waals surface area (Å²) < 4.78 is 7.40. The van der Waals surface area contributed by atoms with Crippen molar-refractivity contribution in [1.82, 2.24) is 9.80 Å². The van der Waals surface area contributed by atoms with E-state index in [9.17, 15) is 4.79 Å². The van der Waals surface area contributed by atoms with Crippen LogP contribution in [0.3, 0.4) is 0 Å². The van der Waals surface area contributed by atoms with Gasteiger partial charge in [-0.3, -0.25) is 4.79 Å². The molecule has 160 valence electrons. The molecule has 2 saturated heterocycles. The molecule has 5 heteroatoms. The van der Waals surface area contributed by atoms with Gasteiger partial charge in [0.25, 0.3) is 0 Å². The molecule has 4 nitrogen and oxygen atoms in total. The van der Waals surface area contributed by atoms with Gasteiger partial charge in [-0.1, -0.05) is 13.8 Å². The normalized spacial score (nSPS) is 31.4. The van der Waals surface area contributed by atoms with Gasteiger partial charge in [-0.15, -0.1) is 0 Å². The van der Waals surface area contributed by atoms with Crippen molar-refractivity contribution in [2.75, 3.05) is 45.9 Å². The number of hydrogen-bond acceptors (Lipinski definition) is 4. The molecule has 3 aliphatic heterocycles. The molecule has 0 saturated carbocycles. The fourth-order valence-corrected chi connectivity index (χ4v) is 6.54. The van der Waals surface area contributed by atoms with E-state index in [-0.39, 0.29) is 0 Å². The van der Waals surface area contributed by atoms with Gasteiger partial charge in [0.05, 0.1) is 14.5 Å². The number of Topliss-reactive ketones (excluding diaryl/α,β-unsaturated/α-hetero) is 1. The summed E-state index contributed by atoms with van der Waals surface area (Å²) in [5, 5.41) is 0. The first kappa shape index (κ1) is 21.6. The second-order valence-corrected chi connectivity index (χ2v) is 11.1. The molecule has 1 aromatic carbocycles. The maximum atomic E-state index is 14.0. The largest absolute Gasteiger partial charge is 0.491 e. The zero-order valence-corrected chi connectivity index (χ0v) is 20.3. The Morgan fingerprint density at radius 1 is 1.07 bits per heavy atom. The van der Waals surface area contributed by atoms with Crippen LogP contribution in [-0.2, 0) is 0 Å². The molecule has 0 N–H and O–H groups in total. The van der Waals surface area contributed by atoms with Gasteiger partial charge in [0, 0.05) is 26.2 Å². The molecular weight excluding hydrogens is 475 g/mol. The number of ketones is 1. The van der Waals surface area contributed by atoms with Crippen LogP contribution >= 0.6 is 22.6 Å². The Morgan fingerprint density at radius 3 is 2.21 bits per heavy atom. The van der Waals surface area contributed by atoms with Gasteiger partial charge >= 0.3 is 0 Å². The second kappa shape index (κ2) is 8.83. The number of rotatable bonds is 4. The molecule has 1 aromatic rings. The summed E-state index contributed by atoms with van der Waals surface area (Å²) in [4.78, 5) is 19.1. The number of carbonyl (C=O) groups is 1. The van der Waals surface area contributed by atoms with Crippen LogP contribution in [0, 0.1) is 27.7 Å². The van der Waals surface area contributed by atoms with Gasteiger partial charge in [-0.2, -0.15) is 0 Å². The molecule has 3 heterocycles. The first-order valence-corrected chi connectivity index (χ1v) is 12.4. The molecule has 0 radical (unpaired) electrons. The number of hydrogen-bond donors (Lipinski definition) is 0. The quantitative estimate of drug-likeness (QED) is 0.554. The smallest absolute Gasteiger partial charge is 0.178 e. The van der Waals surface area contributed by atoms with E-state index in [4.69, 9.17) is 4.74 Å². The zero-order valence-electron chi connectivity index (χ0n) is 18.2. The number of benzene rings is 1. The molecule has 3 aliphatic rings. The maximum absolute atomic E-state index is 14.0. The molecule has 0 aromatic heterocycles. The first-order valence-electron chi connectivity index (χ1n) is 11.3. The Bertz CT molecular complexity index is 741. The number of fused-ring (bicyclic) bond motifs is 1. The van der Waals surface area contributed by atoms with Crippen LogP contribution in [0.15, 0.2) is 12.1 Å². The zero-order chi connectivity index (χ0) is 20.6. The maximum Gasteiger partial charge on any atom is 0.178 e. The highest BCUT2D eigenvalue weighted by atomic mass is 127. The minimum Gasteiger partial charge on any atom is -0.491 e. The standard InChI is InChI=1S/C24H35IN2O2/c1-17-6-4-8-26(12-17)14-24(15-27-9-5-7-18(2)13-27)16-29-22-20(23(24)28)10-19(3)11-21(22)25/h10-11,17-18H,4-9,12-16H2,1-3H3/t17-,18+,24?. The van der Waals surface area contributed by atoms with E-state index in [0.717, 1.165) is 59.7 Å². The fourth-order valence-electron chi connectivity index (χ4n) is 5.61. The molecule has 2 fully saturated rings. The summed E-state index contributed by atoms with van der Waals surface area (Å²) >= 11 is 2.31. The van der Waals surface area contributed by atoms with Crippen LogP contribution in [0.4, 0.5) is 0 Å². The number of likely N-dealkylation sites (tertiary alicyclic amines) is 2. The van der Waals surface area contributed by atoms with E-state index >= 15 is 0 Å². The third-order valence-electron chi connectivity index (χ3n) is 6.94. The summed E-state index contributed by atoms with van der Waals surface area (Å²) in [5.41, 5.74) is 1.48. The highest BCUT2D eigenvalue weighted by Gasteiger charge is 2.47. The lowest BCUT2D eigenvalue weighted by molar-refractivity contribution is 0.0162. The van der Waals surface area contributed by atoms with Crippen LogP contribution in [0.5, 0.6) is 5.75 Å². The Balaban J connectivity index is 1.65. The van der Waals surface area contributed by atoms with Gasteiger partial charge in [0.1, 0.15) is 12.4 Å². The van der Waals surface area contributed by atoms with E-state index in [2.05, 4.69) is 59.2 Å². The molecule has 3 atom stereocenters. The van der Waals surface area contributed by atoms with E-state index in [1.165, 1.54) is 25.7 Å². The van der Waals surface area contributed by atoms with Crippen LogP contribution in [0.2, 0.25) is 0 Å². The van der Waals surface area contributed by atoms with Gasteiger partial charge in [-0.25, -0.2) is 0 Å². The minimum atomic E-state index is -0.460. The predicted molar refractivity (Wildman–Crippen MR) is 126 cm³/mol. The van der Waals surface area contributed by atoms with Crippen molar-refractivity contribution < 1.29 is 9.53 Å². The molecule has 0 amide bonds. The highest BCUT2D eigenvalue weighted by Crippen LogP contribution is 2.40. The monoisotopic (exact) mass is 510 g/mol. The van der Waals surface area contributed by atoms with Crippen LogP contribution in [0.1, 0.15) is 55.5 Å². The third-order valence-corrected chi connectivity index (χ3v) is 7.74. The van der Waals surface area contributed by atoms with Crippen molar-refractivity contribution in [3.8, 4) is 5.75 Å². The molecule has 0 bridgehead atoms. The molecule has 0 aliphatic carbocycles. The molecular formula is C24H35IN2O2. The Kier molecular flexibility index (Phi) is 6.57. The molecule has 4 rings (SSSR count). The topological polar surface area (TPSA) is 32.8 Å². The third kappa shape index (κ3) is 4.67. The van der Waals surface area contributed by atoms with Gasteiger partial charge in [0.2, 0.25) is 0 Å². The van der Waals surface area contributed by atoms with Crippen LogP contribution < -0.4 is 4.74 Å². The summed E-state index contributed by atoms with van der Waals surface area (Å²) in [6.45, 7) is 13.3. The van der Waals surface area contributed by atoms with Crippen molar-refractivity contribution in [2.24, 2.45) is 17.3 Å². The van der Waals surface area contributed by atoms with Crippen molar-refractivity contribution in [1.29, 1.82) is 0 Å². The van der Waals surface area contributed by atoms with Gasteiger partial charge in [-0.05, 0) is 97.8 Å².